The Morgan fingerprint density at radius 3 is 1.63 bits per heavy atom. The van der Waals surface area contributed by atoms with Crippen molar-refractivity contribution < 1.29 is 37.3 Å². The van der Waals surface area contributed by atoms with Gasteiger partial charge in [0.2, 0.25) is 0 Å². The monoisotopic (exact) mass is 566 g/mol. The number of nitrogens with zero attached hydrogens (tertiary/aromatic N) is 1. The van der Waals surface area contributed by atoms with E-state index >= 15 is 0 Å². The molecule has 0 aliphatic carbocycles. The van der Waals surface area contributed by atoms with E-state index in [4.69, 9.17) is 18.5 Å². The quantitative estimate of drug-likeness (QED) is 0.0456. The van der Waals surface area contributed by atoms with Gasteiger partial charge in [0.25, 0.3) is 0 Å². The number of hydrogen-bond donors (Lipinski definition) is 1. The molecule has 8 nitrogen and oxygen atoms in total. The largest absolute Gasteiger partial charge is 0.472 e. The Bertz CT molecular complexity index is 598. The molecule has 0 saturated heterocycles. The molecule has 9 heteroatoms. The summed E-state index contributed by atoms with van der Waals surface area (Å²) in [5.41, 5.74) is 0. The highest BCUT2D eigenvalue weighted by Gasteiger charge is 2.26. The Balaban J connectivity index is 3.80. The van der Waals surface area contributed by atoms with Crippen molar-refractivity contribution in [2.24, 2.45) is 0 Å². The van der Waals surface area contributed by atoms with E-state index in [2.05, 4.69) is 6.92 Å². The Morgan fingerprint density at radius 2 is 1.18 bits per heavy atom. The lowest BCUT2D eigenvalue weighted by molar-refractivity contribution is -0.870. The van der Waals surface area contributed by atoms with E-state index < -0.39 is 19.9 Å². The van der Waals surface area contributed by atoms with Gasteiger partial charge in [0.1, 0.15) is 19.3 Å². The normalized spacial score (nSPS) is 14.4. The van der Waals surface area contributed by atoms with Gasteiger partial charge in [0, 0.05) is 13.0 Å². The van der Waals surface area contributed by atoms with Crippen LogP contribution in [0.2, 0.25) is 0 Å². The molecule has 0 aromatic heterocycles. The number of unbranched alkanes of at least 4 members (excludes halogenated alkanes) is 15. The third-order valence-electron chi connectivity index (χ3n) is 6.47. The Kier molecular flexibility index (Phi) is 24.0. The fraction of sp³-hybridized carbons (Fsp3) is 0.966. The van der Waals surface area contributed by atoms with Crippen LogP contribution in [0.15, 0.2) is 0 Å². The first-order chi connectivity index (χ1) is 18.1. The summed E-state index contributed by atoms with van der Waals surface area (Å²) in [5, 5.41) is 0. The molecule has 1 N–H and O–H groups in total. The van der Waals surface area contributed by atoms with E-state index in [0.717, 1.165) is 12.8 Å². The SMILES string of the molecule is CCCCCCCCCCCCCCCCCCOCC(COP(=O)(O)OCC[N+](C)(C)C)OC(=O)CC. The van der Waals surface area contributed by atoms with Gasteiger partial charge in [-0.1, -0.05) is 110 Å². The summed E-state index contributed by atoms with van der Waals surface area (Å²) in [4.78, 5) is 21.6. The van der Waals surface area contributed by atoms with E-state index in [1.165, 1.54) is 89.9 Å². The summed E-state index contributed by atoms with van der Waals surface area (Å²) < 4.78 is 33.8. The molecule has 228 valence electrons. The van der Waals surface area contributed by atoms with Crippen LogP contribution in [-0.4, -0.2) is 75.6 Å². The minimum absolute atomic E-state index is 0.0897. The topological polar surface area (TPSA) is 91.3 Å². The van der Waals surface area contributed by atoms with Crippen molar-refractivity contribution in [2.45, 2.75) is 129 Å². The summed E-state index contributed by atoms with van der Waals surface area (Å²) in [6.45, 7) is 5.06. The lowest BCUT2D eigenvalue weighted by Gasteiger charge is -2.24. The van der Waals surface area contributed by atoms with Gasteiger partial charge >= 0.3 is 13.8 Å². The smallest absolute Gasteiger partial charge is 0.457 e. The number of likely N-dealkylation sites (N-methyl/N-ethyl adjacent to an activating group) is 1. The molecule has 0 saturated carbocycles. The number of carbonyl (C=O) groups is 1. The lowest BCUT2D eigenvalue weighted by atomic mass is 10.0. The summed E-state index contributed by atoms with van der Waals surface area (Å²) in [6, 6.07) is 0. The molecule has 38 heavy (non-hydrogen) atoms. The van der Waals surface area contributed by atoms with Gasteiger partial charge < -0.3 is 18.9 Å². The van der Waals surface area contributed by atoms with Crippen molar-refractivity contribution >= 4 is 13.8 Å². The second kappa shape index (κ2) is 24.3. The average Bonchev–Trinajstić information content (AvgIpc) is 2.85. The summed E-state index contributed by atoms with van der Waals surface area (Å²) in [7, 11) is 1.67. The van der Waals surface area contributed by atoms with Gasteiger partial charge in [-0.25, -0.2) is 4.57 Å². The van der Waals surface area contributed by atoms with Crippen LogP contribution in [0.5, 0.6) is 0 Å². The van der Waals surface area contributed by atoms with Crippen LogP contribution in [0, 0.1) is 0 Å². The number of phosphoric acid groups is 1. The molecule has 0 heterocycles. The van der Waals surface area contributed by atoms with Gasteiger partial charge in [-0.15, -0.1) is 0 Å². The third kappa shape index (κ3) is 27.1. The summed E-state index contributed by atoms with van der Waals surface area (Å²) in [6.07, 6.45) is 20.6. The molecular formula is C29H61NO7P+. The maximum Gasteiger partial charge on any atom is 0.472 e. The number of hydrogen-bond acceptors (Lipinski definition) is 6. The van der Waals surface area contributed by atoms with E-state index in [0.29, 0.717) is 17.6 Å². The maximum absolute atomic E-state index is 12.1. The Hall–Kier alpha value is -0.500. The summed E-state index contributed by atoms with van der Waals surface area (Å²) in [5.74, 6) is -0.400. The molecule has 0 aliphatic rings. The van der Waals surface area contributed by atoms with E-state index in [-0.39, 0.29) is 26.2 Å². The third-order valence-corrected chi connectivity index (χ3v) is 7.46. The van der Waals surface area contributed by atoms with Crippen LogP contribution in [0.4, 0.5) is 0 Å². The van der Waals surface area contributed by atoms with Crippen molar-refractivity contribution in [2.75, 3.05) is 54.1 Å². The zero-order valence-electron chi connectivity index (χ0n) is 25.4. The van der Waals surface area contributed by atoms with E-state index in [1.807, 2.05) is 21.1 Å². The molecule has 0 aromatic rings. The first-order valence-electron chi connectivity index (χ1n) is 15.3. The van der Waals surface area contributed by atoms with Crippen molar-refractivity contribution in [1.29, 1.82) is 0 Å². The molecule has 2 unspecified atom stereocenters. The second-order valence-electron chi connectivity index (χ2n) is 11.5. The van der Waals surface area contributed by atoms with Crippen LogP contribution < -0.4 is 0 Å². The molecule has 0 rings (SSSR count). The Labute approximate surface area is 234 Å². The molecule has 0 radical (unpaired) electrons. The number of ether oxygens (including phenoxy) is 2. The fourth-order valence-corrected chi connectivity index (χ4v) is 4.74. The Morgan fingerprint density at radius 1 is 0.711 bits per heavy atom. The first kappa shape index (κ1) is 37.5. The number of rotatable bonds is 28. The predicted octanol–water partition coefficient (Wildman–Crippen LogP) is 7.43. The van der Waals surface area contributed by atoms with Crippen molar-refractivity contribution in [3.05, 3.63) is 0 Å². The molecule has 0 aromatic carbocycles. The van der Waals surface area contributed by atoms with Crippen LogP contribution in [0.25, 0.3) is 0 Å². The first-order valence-corrected chi connectivity index (χ1v) is 16.8. The van der Waals surface area contributed by atoms with Crippen molar-refractivity contribution in [1.82, 2.24) is 0 Å². The van der Waals surface area contributed by atoms with Crippen molar-refractivity contribution in [3.63, 3.8) is 0 Å². The van der Waals surface area contributed by atoms with Crippen LogP contribution in [0.3, 0.4) is 0 Å². The highest BCUT2D eigenvalue weighted by atomic mass is 31.2. The summed E-state index contributed by atoms with van der Waals surface area (Å²) >= 11 is 0. The van der Waals surface area contributed by atoms with Gasteiger partial charge in [0.15, 0.2) is 0 Å². The number of esters is 1. The number of quaternary nitrogens is 1. The maximum atomic E-state index is 12.1. The van der Waals surface area contributed by atoms with Gasteiger partial charge in [0.05, 0.1) is 34.4 Å². The van der Waals surface area contributed by atoms with Gasteiger partial charge in [-0.2, -0.15) is 0 Å². The second-order valence-corrected chi connectivity index (χ2v) is 12.9. The van der Waals surface area contributed by atoms with Gasteiger partial charge in [-0.3, -0.25) is 13.8 Å². The average molecular weight is 567 g/mol. The van der Waals surface area contributed by atoms with E-state index in [1.54, 1.807) is 6.92 Å². The molecule has 0 aliphatic heterocycles. The molecule has 0 amide bonds. The number of carbonyl (C=O) groups excluding carboxylic acids is 1. The zero-order valence-corrected chi connectivity index (χ0v) is 26.3. The highest BCUT2D eigenvalue weighted by molar-refractivity contribution is 7.47. The molecule has 0 spiro atoms. The predicted molar refractivity (Wildman–Crippen MR) is 155 cm³/mol. The van der Waals surface area contributed by atoms with Crippen LogP contribution in [0.1, 0.15) is 123 Å². The van der Waals surface area contributed by atoms with Crippen LogP contribution in [-0.2, 0) is 27.9 Å². The number of phosphoric ester groups is 1. The minimum Gasteiger partial charge on any atom is -0.457 e. The lowest BCUT2D eigenvalue weighted by Crippen LogP contribution is -2.37. The van der Waals surface area contributed by atoms with Crippen LogP contribution >= 0.6 is 7.82 Å². The fourth-order valence-electron chi connectivity index (χ4n) is 4.00. The highest BCUT2D eigenvalue weighted by Crippen LogP contribution is 2.43. The zero-order chi connectivity index (χ0) is 28.5. The molecule has 2 atom stereocenters. The molecular weight excluding hydrogens is 505 g/mol. The molecule has 0 fully saturated rings. The van der Waals surface area contributed by atoms with Crippen molar-refractivity contribution in [3.8, 4) is 0 Å². The van der Waals surface area contributed by atoms with Gasteiger partial charge in [-0.05, 0) is 6.42 Å². The molecule has 0 bridgehead atoms. The minimum atomic E-state index is -4.22. The standard InChI is InChI=1S/C29H60NO7P/c1-6-8-9-10-11-12-13-14-15-16-17-18-19-20-21-22-24-34-26-28(37-29(31)7-2)27-36-38(32,33)35-25-23-30(3,4)5/h28H,6-27H2,1-5H3/p+1. The van der Waals surface area contributed by atoms with E-state index in [9.17, 15) is 14.3 Å².